The minimum Gasteiger partial charge on any atom is -0.350 e. The molecule has 0 saturated carbocycles. The van der Waals surface area contributed by atoms with Crippen LogP contribution in [-0.2, 0) is 7.05 Å². The number of carbonyl (C=O) groups excluding carboxylic acids is 2. The van der Waals surface area contributed by atoms with Gasteiger partial charge < -0.3 is 4.57 Å². The number of benzene rings is 1. The number of nitrogens with zero attached hydrogens (tertiary/aromatic N) is 3. The van der Waals surface area contributed by atoms with Gasteiger partial charge in [0.1, 0.15) is 5.65 Å². The van der Waals surface area contributed by atoms with Gasteiger partial charge in [-0.25, -0.2) is 4.98 Å². The van der Waals surface area contributed by atoms with Crippen LogP contribution in [0.1, 0.15) is 57.5 Å². The van der Waals surface area contributed by atoms with Crippen molar-refractivity contribution in [1.29, 1.82) is 0 Å². The fourth-order valence-corrected chi connectivity index (χ4v) is 4.45. The maximum atomic E-state index is 12.4. The summed E-state index contributed by atoms with van der Waals surface area (Å²) in [6.45, 7) is 5.99. The number of hydrogen-bond donors (Lipinski definition) is 0. The second-order valence-corrected chi connectivity index (χ2v) is 8.90. The number of allylic oxidation sites excluding steroid dienone is 6. The molecule has 3 aromatic heterocycles. The predicted octanol–water partition coefficient (Wildman–Crippen LogP) is 6.08. The lowest BCUT2D eigenvalue weighted by atomic mass is 9.94. The topological polar surface area (TPSA) is 73.4 Å². The van der Waals surface area contributed by atoms with Gasteiger partial charge in [0, 0.05) is 48.0 Å². The lowest BCUT2D eigenvalue weighted by Gasteiger charge is -2.13. The molecule has 1 aromatic carbocycles. The van der Waals surface area contributed by atoms with E-state index in [9.17, 15) is 14.4 Å². The molecule has 6 nitrogen and oxygen atoms in total. The van der Waals surface area contributed by atoms with Crippen LogP contribution in [-0.4, -0.2) is 26.5 Å². The van der Waals surface area contributed by atoms with E-state index in [1.807, 2.05) is 60.3 Å². The Balaban J connectivity index is 1.61. The summed E-state index contributed by atoms with van der Waals surface area (Å²) in [5.41, 5.74) is 4.93. The minimum atomic E-state index is -0.369. The van der Waals surface area contributed by atoms with Crippen LogP contribution in [0, 0.1) is 0 Å². The summed E-state index contributed by atoms with van der Waals surface area (Å²) in [4.78, 5) is 39.0. The number of rotatable bonds is 10. The standard InChI is InChI=1S/C31H29N3O3/c1-4-6-22(8-9-23-11-13-28-27(21-36)19-33(3)29(28)16-23)10-12-24(7-5-2)25-14-15-34-30(17-25)32-18-26(20-35)31(34)37/h4,6,8-21,24H,1,5,7H2,2-3H3/b9-8+,12-10+,22-6+. The third-order valence-electron chi connectivity index (χ3n) is 6.39. The fraction of sp³-hybridized carbons (Fsp3) is 0.161. The maximum absolute atomic E-state index is 12.4. The maximum Gasteiger partial charge on any atom is 0.268 e. The Hall–Kier alpha value is -4.58. The number of pyridine rings is 1. The van der Waals surface area contributed by atoms with Gasteiger partial charge in [-0.2, -0.15) is 0 Å². The number of hydrogen-bond acceptors (Lipinski definition) is 4. The zero-order valence-corrected chi connectivity index (χ0v) is 21.0. The molecular weight excluding hydrogens is 462 g/mol. The van der Waals surface area contributed by atoms with Crippen LogP contribution in [0.25, 0.3) is 22.6 Å². The summed E-state index contributed by atoms with van der Waals surface area (Å²) in [5, 5.41) is 0.938. The van der Waals surface area contributed by atoms with Gasteiger partial charge in [-0.15, -0.1) is 0 Å². The van der Waals surface area contributed by atoms with Crippen molar-refractivity contribution in [2.75, 3.05) is 0 Å². The zero-order chi connectivity index (χ0) is 26.4. The van der Waals surface area contributed by atoms with Crippen molar-refractivity contribution >= 4 is 35.2 Å². The molecular formula is C31H29N3O3. The summed E-state index contributed by atoms with van der Waals surface area (Å²) in [5.74, 6) is 0.126. The third-order valence-corrected chi connectivity index (χ3v) is 6.39. The van der Waals surface area contributed by atoms with E-state index in [0.717, 1.165) is 46.7 Å². The Morgan fingerprint density at radius 1 is 1.11 bits per heavy atom. The van der Waals surface area contributed by atoms with E-state index in [0.29, 0.717) is 17.5 Å². The Morgan fingerprint density at radius 3 is 2.65 bits per heavy atom. The van der Waals surface area contributed by atoms with Gasteiger partial charge in [0.05, 0.1) is 5.56 Å². The molecule has 37 heavy (non-hydrogen) atoms. The molecule has 0 bridgehead atoms. The summed E-state index contributed by atoms with van der Waals surface area (Å²) < 4.78 is 3.35. The molecule has 0 aliphatic rings. The SMILES string of the molecule is C=C/C=C(\C=C\c1ccc2c(C=O)cn(C)c2c1)/C=C/C(CCC)c1ccn2c(=O)c(C=O)cnc2c1. The number of fused-ring (bicyclic) bond motifs is 2. The van der Waals surface area contributed by atoms with Crippen LogP contribution >= 0.6 is 0 Å². The summed E-state index contributed by atoms with van der Waals surface area (Å²) >= 11 is 0. The largest absolute Gasteiger partial charge is 0.350 e. The van der Waals surface area contributed by atoms with E-state index in [4.69, 9.17) is 0 Å². The average molecular weight is 492 g/mol. The van der Waals surface area contributed by atoms with E-state index < -0.39 is 0 Å². The second kappa shape index (κ2) is 11.4. The van der Waals surface area contributed by atoms with Gasteiger partial charge in [0.15, 0.2) is 12.6 Å². The first-order valence-electron chi connectivity index (χ1n) is 12.2. The van der Waals surface area contributed by atoms with Crippen molar-refractivity contribution in [3.05, 3.63) is 124 Å². The van der Waals surface area contributed by atoms with Gasteiger partial charge >= 0.3 is 0 Å². The normalized spacial score (nSPS) is 13.1. The highest BCUT2D eigenvalue weighted by Gasteiger charge is 2.11. The Morgan fingerprint density at radius 2 is 1.92 bits per heavy atom. The highest BCUT2D eigenvalue weighted by molar-refractivity contribution is 5.98. The van der Waals surface area contributed by atoms with Gasteiger partial charge in [-0.05, 0) is 41.3 Å². The molecule has 4 aromatic rings. The molecule has 186 valence electrons. The van der Waals surface area contributed by atoms with Crippen molar-refractivity contribution in [2.24, 2.45) is 7.05 Å². The highest BCUT2D eigenvalue weighted by Crippen LogP contribution is 2.25. The molecule has 4 rings (SSSR count). The summed E-state index contributed by atoms with van der Waals surface area (Å²) in [7, 11) is 1.93. The molecule has 6 heteroatoms. The van der Waals surface area contributed by atoms with Crippen LogP contribution in [0.3, 0.4) is 0 Å². The third kappa shape index (κ3) is 5.48. The van der Waals surface area contributed by atoms with Crippen molar-refractivity contribution in [2.45, 2.75) is 25.7 Å². The second-order valence-electron chi connectivity index (χ2n) is 8.90. The highest BCUT2D eigenvalue weighted by atomic mass is 16.1. The molecule has 0 radical (unpaired) electrons. The summed E-state index contributed by atoms with van der Waals surface area (Å²) in [6, 6.07) is 9.84. The van der Waals surface area contributed by atoms with Crippen LogP contribution < -0.4 is 5.56 Å². The fourth-order valence-electron chi connectivity index (χ4n) is 4.45. The molecule has 0 aliphatic carbocycles. The Kier molecular flexibility index (Phi) is 7.89. The van der Waals surface area contributed by atoms with E-state index in [-0.39, 0.29) is 17.0 Å². The van der Waals surface area contributed by atoms with E-state index in [2.05, 4.69) is 36.7 Å². The first kappa shape index (κ1) is 25.5. The smallest absolute Gasteiger partial charge is 0.268 e. The molecule has 3 heterocycles. The van der Waals surface area contributed by atoms with Gasteiger partial charge in [0.25, 0.3) is 5.56 Å². The number of aryl methyl sites for hydroxylation is 1. The lowest BCUT2D eigenvalue weighted by Crippen LogP contribution is -2.19. The quantitative estimate of drug-likeness (QED) is 0.199. The van der Waals surface area contributed by atoms with Crippen LogP contribution in [0.5, 0.6) is 0 Å². The monoisotopic (exact) mass is 491 g/mol. The molecule has 0 fully saturated rings. The van der Waals surface area contributed by atoms with Crippen LogP contribution in [0.2, 0.25) is 0 Å². The number of aldehydes is 2. The molecule has 1 unspecified atom stereocenters. The van der Waals surface area contributed by atoms with E-state index in [1.165, 1.54) is 10.6 Å². The minimum absolute atomic E-state index is 0.0386. The van der Waals surface area contributed by atoms with E-state index >= 15 is 0 Å². The first-order chi connectivity index (χ1) is 18.0. The van der Waals surface area contributed by atoms with Crippen LogP contribution in [0.4, 0.5) is 0 Å². The van der Waals surface area contributed by atoms with Crippen molar-refractivity contribution in [3.63, 3.8) is 0 Å². The van der Waals surface area contributed by atoms with Crippen LogP contribution in [0.15, 0.2) is 96.2 Å². The Bertz CT molecular complexity index is 1630. The molecule has 0 N–H and O–H groups in total. The van der Waals surface area contributed by atoms with Crippen molar-refractivity contribution in [1.82, 2.24) is 14.0 Å². The van der Waals surface area contributed by atoms with Gasteiger partial charge in [-0.1, -0.05) is 68.5 Å². The molecule has 0 spiro atoms. The van der Waals surface area contributed by atoms with E-state index in [1.54, 1.807) is 12.3 Å². The van der Waals surface area contributed by atoms with Gasteiger partial charge in [0.2, 0.25) is 0 Å². The number of carbonyl (C=O) groups is 2. The first-order valence-corrected chi connectivity index (χ1v) is 12.2. The predicted molar refractivity (Wildman–Crippen MR) is 149 cm³/mol. The molecule has 0 amide bonds. The molecule has 0 saturated heterocycles. The van der Waals surface area contributed by atoms with Crippen molar-refractivity contribution in [3.8, 4) is 0 Å². The number of aromatic nitrogens is 3. The summed E-state index contributed by atoms with van der Waals surface area (Å²) in [6.07, 6.45) is 20.2. The van der Waals surface area contributed by atoms with Crippen molar-refractivity contribution < 1.29 is 9.59 Å². The molecule has 0 aliphatic heterocycles. The lowest BCUT2D eigenvalue weighted by molar-refractivity contribution is 0.111. The Labute approximate surface area is 215 Å². The average Bonchev–Trinajstić information content (AvgIpc) is 3.24. The molecule has 1 atom stereocenters. The zero-order valence-electron chi connectivity index (χ0n) is 21.0. The van der Waals surface area contributed by atoms with Gasteiger partial charge in [-0.3, -0.25) is 18.8 Å².